The number of fused-ring (bicyclic) bond motifs is 1. The zero-order valence-corrected chi connectivity index (χ0v) is 18.0. The molecule has 1 amide bonds. The first-order valence-corrected chi connectivity index (χ1v) is 10.4. The minimum Gasteiger partial charge on any atom is -0.367 e. The lowest BCUT2D eigenvalue weighted by Gasteiger charge is -2.36. The summed E-state index contributed by atoms with van der Waals surface area (Å²) in [5.41, 5.74) is 1.28. The van der Waals surface area contributed by atoms with Gasteiger partial charge in [0.2, 0.25) is 5.91 Å². The SMILES string of the molecule is CCN1CCN(c2ccccc2NC(=O)Cn2cnc3c2c(=O)n(C)c(=O)n3C)CC1. The molecule has 2 aromatic heterocycles. The van der Waals surface area contributed by atoms with Crippen molar-refractivity contribution in [1.29, 1.82) is 0 Å². The van der Waals surface area contributed by atoms with Crippen LogP contribution in [0, 0.1) is 0 Å². The number of rotatable bonds is 5. The van der Waals surface area contributed by atoms with Crippen LogP contribution in [-0.2, 0) is 25.4 Å². The molecule has 0 aliphatic carbocycles. The van der Waals surface area contributed by atoms with E-state index in [-0.39, 0.29) is 23.6 Å². The van der Waals surface area contributed by atoms with Crippen LogP contribution in [0.2, 0.25) is 0 Å². The summed E-state index contributed by atoms with van der Waals surface area (Å²) in [5.74, 6) is -0.269. The number of amides is 1. The van der Waals surface area contributed by atoms with Crippen molar-refractivity contribution in [2.75, 3.05) is 42.9 Å². The van der Waals surface area contributed by atoms with Gasteiger partial charge in [0.05, 0.1) is 17.7 Å². The number of carbonyl (C=O) groups excluding carboxylic acids is 1. The number of piperazine rings is 1. The number of para-hydroxylation sites is 2. The molecule has 1 aliphatic heterocycles. The fourth-order valence-electron chi connectivity index (χ4n) is 4.02. The molecule has 3 aromatic rings. The maximum Gasteiger partial charge on any atom is 0.332 e. The molecule has 0 bridgehead atoms. The first kappa shape index (κ1) is 20.9. The quantitative estimate of drug-likeness (QED) is 0.628. The van der Waals surface area contributed by atoms with Gasteiger partial charge in [-0.2, -0.15) is 0 Å². The first-order chi connectivity index (χ1) is 14.9. The van der Waals surface area contributed by atoms with Crippen molar-refractivity contribution in [3.8, 4) is 0 Å². The summed E-state index contributed by atoms with van der Waals surface area (Å²) in [6, 6.07) is 7.74. The largest absolute Gasteiger partial charge is 0.367 e. The standard InChI is InChI=1S/C21H27N7O3/c1-4-26-9-11-27(12-10-26)16-8-6-5-7-15(16)23-17(29)13-28-14-22-19-18(28)20(30)25(3)21(31)24(19)2/h5-8,14H,4,9-13H2,1-3H3,(H,23,29). The number of nitrogens with one attached hydrogen (secondary N) is 1. The predicted octanol–water partition coefficient (Wildman–Crippen LogP) is 0.214. The van der Waals surface area contributed by atoms with E-state index in [1.54, 1.807) is 7.05 Å². The molecule has 10 nitrogen and oxygen atoms in total. The van der Waals surface area contributed by atoms with Crippen LogP contribution in [-0.4, -0.2) is 62.2 Å². The molecule has 1 aromatic carbocycles. The Bertz CT molecular complexity index is 1230. The van der Waals surface area contributed by atoms with Crippen molar-refractivity contribution in [3.63, 3.8) is 0 Å². The summed E-state index contributed by atoms with van der Waals surface area (Å²) in [6.45, 7) is 6.89. The van der Waals surface area contributed by atoms with E-state index in [2.05, 4.69) is 27.0 Å². The summed E-state index contributed by atoms with van der Waals surface area (Å²) >= 11 is 0. The topological polar surface area (TPSA) is 97.4 Å². The molecule has 10 heteroatoms. The smallest absolute Gasteiger partial charge is 0.332 e. The summed E-state index contributed by atoms with van der Waals surface area (Å²) in [6.07, 6.45) is 1.42. The Labute approximate surface area is 179 Å². The number of hydrogen-bond acceptors (Lipinski definition) is 6. The highest BCUT2D eigenvalue weighted by Crippen LogP contribution is 2.26. The van der Waals surface area contributed by atoms with Crippen molar-refractivity contribution in [3.05, 3.63) is 51.4 Å². The van der Waals surface area contributed by atoms with Gasteiger partial charge in [0.1, 0.15) is 6.54 Å². The molecule has 0 spiro atoms. The third-order valence-corrected chi connectivity index (χ3v) is 5.87. The number of aryl methyl sites for hydroxylation is 1. The minimum atomic E-state index is -0.474. The van der Waals surface area contributed by atoms with E-state index in [4.69, 9.17) is 0 Å². The van der Waals surface area contributed by atoms with E-state index in [1.807, 2.05) is 24.3 Å². The number of likely N-dealkylation sites (N-methyl/N-ethyl adjacent to an activating group) is 1. The highest BCUT2D eigenvalue weighted by Gasteiger charge is 2.20. The van der Waals surface area contributed by atoms with Crippen LogP contribution in [0.25, 0.3) is 11.2 Å². The minimum absolute atomic E-state index is 0.0815. The molecule has 3 heterocycles. The molecule has 0 radical (unpaired) electrons. The Morgan fingerprint density at radius 2 is 1.77 bits per heavy atom. The fourth-order valence-corrected chi connectivity index (χ4v) is 4.02. The van der Waals surface area contributed by atoms with Gasteiger partial charge in [0.25, 0.3) is 5.56 Å². The molecule has 1 N–H and O–H groups in total. The Hall–Kier alpha value is -3.40. The Balaban J connectivity index is 1.56. The highest BCUT2D eigenvalue weighted by atomic mass is 16.2. The highest BCUT2D eigenvalue weighted by molar-refractivity contribution is 5.94. The number of imidazole rings is 1. The molecule has 1 fully saturated rings. The second-order valence-corrected chi connectivity index (χ2v) is 7.74. The Morgan fingerprint density at radius 3 is 2.48 bits per heavy atom. The van der Waals surface area contributed by atoms with Crippen LogP contribution in [0.4, 0.5) is 11.4 Å². The molecule has 1 aliphatic rings. The van der Waals surface area contributed by atoms with E-state index >= 15 is 0 Å². The van der Waals surface area contributed by atoms with Crippen LogP contribution in [0.5, 0.6) is 0 Å². The summed E-state index contributed by atoms with van der Waals surface area (Å²) in [7, 11) is 2.96. The third kappa shape index (κ3) is 3.86. The van der Waals surface area contributed by atoms with Crippen molar-refractivity contribution >= 4 is 28.4 Å². The number of hydrogen-bond donors (Lipinski definition) is 1. The first-order valence-electron chi connectivity index (χ1n) is 10.4. The van der Waals surface area contributed by atoms with Crippen molar-refractivity contribution in [1.82, 2.24) is 23.6 Å². The molecular formula is C21H27N7O3. The van der Waals surface area contributed by atoms with E-state index in [1.165, 1.54) is 22.5 Å². The maximum absolute atomic E-state index is 12.8. The zero-order valence-electron chi connectivity index (χ0n) is 18.0. The molecule has 4 rings (SSSR count). The number of anilines is 2. The summed E-state index contributed by atoms with van der Waals surface area (Å²) in [5, 5.41) is 2.98. The summed E-state index contributed by atoms with van der Waals surface area (Å²) in [4.78, 5) is 46.4. The van der Waals surface area contributed by atoms with Gasteiger partial charge in [-0.15, -0.1) is 0 Å². The van der Waals surface area contributed by atoms with Gasteiger partial charge in [-0.3, -0.25) is 18.7 Å². The fraction of sp³-hybridized carbons (Fsp3) is 0.429. The van der Waals surface area contributed by atoms with E-state index in [0.717, 1.165) is 48.7 Å². The molecule has 31 heavy (non-hydrogen) atoms. The van der Waals surface area contributed by atoms with Crippen molar-refractivity contribution in [2.24, 2.45) is 14.1 Å². The van der Waals surface area contributed by atoms with Gasteiger partial charge in [0.15, 0.2) is 11.2 Å². The van der Waals surface area contributed by atoms with Gasteiger partial charge < -0.3 is 19.7 Å². The summed E-state index contributed by atoms with van der Waals surface area (Å²) < 4.78 is 3.80. The number of carbonyl (C=O) groups is 1. The molecule has 0 saturated carbocycles. The predicted molar refractivity (Wildman–Crippen MR) is 120 cm³/mol. The Morgan fingerprint density at radius 1 is 1.06 bits per heavy atom. The van der Waals surface area contributed by atoms with Crippen LogP contribution in [0.15, 0.2) is 40.2 Å². The second-order valence-electron chi connectivity index (χ2n) is 7.74. The third-order valence-electron chi connectivity index (χ3n) is 5.87. The van der Waals surface area contributed by atoms with E-state index in [0.29, 0.717) is 0 Å². The second kappa shape index (κ2) is 8.38. The Kier molecular flexibility index (Phi) is 5.64. The van der Waals surface area contributed by atoms with Crippen molar-refractivity contribution in [2.45, 2.75) is 13.5 Å². The number of benzene rings is 1. The molecule has 0 unspecified atom stereocenters. The number of aromatic nitrogens is 4. The zero-order chi connectivity index (χ0) is 22.1. The molecule has 164 valence electrons. The monoisotopic (exact) mass is 425 g/mol. The average Bonchev–Trinajstić information content (AvgIpc) is 3.20. The van der Waals surface area contributed by atoms with Crippen molar-refractivity contribution < 1.29 is 4.79 Å². The molecular weight excluding hydrogens is 398 g/mol. The van der Waals surface area contributed by atoms with Crippen LogP contribution in [0.1, 0.15) is 6.92 Å². The lowest BCUT2D eigenvalue weighted by atomic mass is 10.2. The van der Waals surface area contributed by atoms with E-state index < -0.39 is 11.2 Å². The lowest BCUT2D eigenvalue weighted by Crippen LogP contribution is -2.46. The molecule has 0 atom stereocenters. The maximum atomic E-state index is 12.8. The number of nitrogens with zero attached hydrogens (tertiary/aromatic N) is 6. The van der Waals surface area contributed by atoms with Crippen LogP contribution >= 0.6 is 0 Å². The lowest BCUT2D eigenvalue weighted by molar-refractivity contribution is -0.116. The van der Waals surface area contributed by atoms with Gasteiger partial charge >= 0.3 is 5.69 Å². The van der Waals surface area contributed by atoms with Gasteiger partial charge in [0, 0.05) is 40.3 Å². The molecule has 1 saturated heterocycles. The van der Waals surface area contributed by atoms with Crippen LogP contribution < -0.4 is 21.5 Å². The van der Waals surface area contributed by atoms with Gasteiger partial charge in [-0.05, 0) is 18.7 Å². The van der Waals surface area contributed by atoms with Gasteiger partial charge in [-0.25, -0.2) is 9.78 Å². The average molecular weight is 425 g/mol. The van der Waals surface area contributed by atoms with Crippen LogP contribution in [0.3, 0.4) is 0 Å². The normalized spacial score (nSPS) is 14.9. The van der Waals surface area contributed by atoms with Gasteiger partial charge in [-0.1, -0.05) is 19.1 Å². The van der Waals surface area contributed by atoms with E-state index in [9.17, 15) is 14.4 Å².